The smallest absolute Gasteiger partial charge is 0.105 e. The van der Waals surface area contributed by atoms with Gasteiger partial charge >= 0.3 is 0 Å². The van der Waals surface area contributed by atoms with Gasteiger partial charge in [0.1, 0.15) is 5.60 Å². The fourth-order valence-electron chi connectivity index (χ4n) is 4.12. The number of hydrogen-bond acceptors (Lipinski definition) is 7. The summed E-state index contributed by atoms with van der Waals surface area (Å²) in [6, 6.07) is 0. The zero-order valence-electron chi connectivity index (χ0n) is 15.1. The van der Waals surface area contributed by atoms with Crippen molar-refractivity contribution in [2.75, 3.05) is 59.2 Å². The van der Waals surface area contributed by atoms with Crippen LogP contribution in [0.15, 0.2) is 5.51 Å². The van der Waals surface area contributed by atoms with Crippen LogP contribution in [0.1, 0.15) is 23.4 Å². The topological polar surface area (TPSA) is 47.1 Å². The van der Waals surface area contributed by atoms with Gasteiger partial charge in [0.15, 0.2) is 0 Å². The molecule has 1 aromatic heterocycles. The second kappa shape index (κ2) is 7.98. The van der Waals surface area contributed by atoms with Crippen molar-refractivity contribution in [2.45, 2.75) is 38.0 Å². The molecule has 4 heterocycles. The second-order valence-corrected chi connectivity index (χ2v) is 8.44. The van der Waals surface area contributed by atoms with Crippen molar-refractivity contribution in [3.63, 3.8) is 0 Å². The molecule has 4 rings (SSSR count). The first-order chi connectivity index (χ1) is 12.2. The first-order valence-corrected chi connectivity index (χ1v) is 10.3. The molecule has 3 saturated heterocycles. The first-order valence-electron chi connectivity index (χ1n) is 9.39. The molecule has 25 heavy (non-hydrogen) atoms. The van der Waals surface area contributed by atoms with Crippen molar-refractivity contribution in [3.8, 4) is 0 Å². The molecule has 7 heteroatoms. The molecule has 0 saturated carbocycles. The van der Waals surface area contributed by atoms with E-state index < -0.39 is 0 Å². The summed E-state index contributed by atoms with van der Waals surface area (Å²) in [5.41, 5.74) is 2.97. The molecular weight excluding hydrogens is 338 g/mol. The number of rotatable bonds is 4. The maximum absolute atomic E-state index is 6.59. The van der Waals surface area contributed by atoms with Crippen LogP contribution < -0.4 is 0 Å². The molecule has 6 nitrogen and oxygen atoms in total. The van der Waals surface area contributed by atoms with Gasteiger partial charge in [-0.3, -0.25) is 9.80 Å². The van der Waals surface area contributed by atoms with E-state index >= 15 is 0 Å². The average molecular weight is 368 g/mol. The molecule has 1 spiro atoms. The molecule has 140 valence electrons. The summed E-state index contributed by atoms with van der Waals surface area (Å²) >= 11 is 1.75. The molecule has 1 aromatic rings. The average Bonchev–Trinajstić information content (AvgIpc) is 3.13. The fourth-order valence-corrected chi connectivity index (χ4v) is 4.94. The summed E-state index contributed by atoms with van der Waals surface area (Å²) in [5.74, 6) is 0. The Hall–Kier alpha value is -0.570. The molecule has 0 aliphatic carbocycles. The quantitative estimate of drug-likeness (QED) is 0.804. The van der Waals surface area contributed by atoms with Crippen molar-refractivity contribution in [3.05, 3.63) is 16.1 Å². The van der Waals surface area contributed by atoms with Gasteiger partial charge in [-0.1, -0.05) is 0 Å². The number of aromatic nitrogens is 1. The zero-order valence-corrected chi connectivity index (χ0v) is 15.9. The lowest BCUT2D eigenvalue weighted by Crippen LogP contribution is -2.46. The lowest BCUT2D eigenvalue weighted by molar-refractivity contribution is -0.0966. The van der Waals surface area contributed by atoms with Gasteiger partial charge in [0.05, 0.1) is 43.7 Å². The van der Waals surface area contributed by atoms with Crippen LogP contribution in [0.3, 0.4) is 0 Å². The molecule has 3 aliphatic rings. The minimum absolute atomic E-state index is 0.133. The van der Waals surface area contributed by atoms with E-state index in [0.717, 1.165) is 84.2 Å². The minimum atomic E-state index is -0.133. The minimum Gasteiger partial charge on any atom is -0.379 e. The Morgan fingerprint density at radius 3 is 2.80 bits per heavy atom. The number of thiazole rings is 1. The molecule has 0 radical (unpaired) electrons. The molecule has 2 atom stereocenters. The number of nitrogens with zero attached hydrogens (tertiary/aromatic N) is 3. The Labute approximate surface area is 154 Å². The molecule has 0 N–H and O–H groups in total. The van der Waals surface area contributed by atoms with E-state index in [1.54, 1.807) is 11.3 Å². The van der Waals surface area contributed by atoms with Crippen molar-refractivity contribution in [1.82, 2.24) is 14.8 Å². The third kappa shape index (κ3) is 4.40. The summed E-state index contributed by atoms with van der Waals surface area (Å²) in [6.45, 7) is 11.3. The molecular formula is C18H29N3O3S. The summed E-state index contributed by atoms with van der Waals surface area (Å²) in [4.78, 5) is 10.7. The van der Waals surface area contributed by atoms with Gasteiger partial charge in [0.2, 0.25) is 0 Å². The van der Waals surface area contributed by atoms with E-state index in [0.29, 0.717) is 6.10 Å². The second-order valence-electron chi connectivity index (χ2n) is 7.50. The van der Waals surface area contributed by atoms with Gasteiger partial charge in [0, 0.05) is 44.1 Å². The van der Waals surface area contributed by atoms with Crippen LogP contribution in [0.4, 0.5) is 0 Å². The van der Waals surface area contributed by atoms with Crippen molar-refractivity contribution >= 4 is 11.3 Å². The van der Waals surface area contributed by atoms with E-state index in [9.17, 15) is 0 Å². The monoisotopic (exact) mass is 367 g/mol. The largest absolute Gasteiger partial charge is 0.379 e. The van der Waals surface area contributed by atoms with Gasteiger partial charge in [-0.2, -0.15) is 0 Å². The lowest BCUT2D eigenvalue weighted by atomic mass is 10.00. The third-order valence-corrected chi connectivity index (χ3v) is 6.46. The maximum Gasteiger partial charge on any atom is 0.105 e. The van der Waals surface area contributed by atoms with E-state index in [4.69, 9.17) is 14.2 Å². The van der Waals surface area contributed by atoms with Crippen LogP contribution >= 0.6 is 11.3 Å². The van der Waals surface area contributed by atoms with Crippen molar-refractivity contribution in [1.29, 1.82) is 0 Å². The molecule has 0 bridgehead atoms. The Balaban J connectivity index is 1.36. The SMILES string of the molecule is Cc1ncsc1CN1CCOC[C@]2(CC[C@@H](CN3CCOCC3)O2)C1. The van der Waals surface area contributed by atoms with Gasteiger partial charge in [-0.05, 0) is 19.8 Å². The van der Waals surface area contributed by atoms with Gasteiger partial charge in [0.25, 0.3) is 0 Å². The van der Waals surface area contributed by atoms with Crippen LogP contribution in [0.2, 0.25) is 0 Å². The predicted octanol–water partition coefficient (Wildman–Crippen LogP) is 1.53. The van der Waals surface area contributed by atoms with Crippen LogP contribution in [-0.4, -0.2) is 85.6 Å². The highest BCUT2D eigenvalue weighted by molar-refractivity contribution is 7.09. The molecule has 0 amide bonds. The normalized spacial score (nSPS) is 32.3. The molecule has 0 unspecified atom stereocenters. The van der Waals surface area contributed by atoms with Crippen LogP contribution in [0.5, 0.6) is 0 Å². The van der Waals surface area contributed by atoms with Gasteiger partial charge in [-0.25, -0.2) is 4.98 Å². The van der Waals surface area contributed by atoms with Crippen molar-refractivity contribution < 1.29 is 14.2 Å². The van der Waals surface area contributed by atoms with Crippen LogP contribution in [-0.2, 0) is 20.8 Å². The number of morpholine rings is 1. The Morgan fingerprint density at radius 1 is 1.20 bits per heavy atom. The van der Waals surface area contributed by atoms with Gasteiger partial charge < -0.3 is 14.2 Å². The maximum atomic E-state index is 6.59. The molecule has 3 fully saturated rings. The van der Waals surface area contributed by atoms with Crippen LogP contribution in [0, 0.1) is 6.92 Å². The highest BCUT2D eigenvalue weighted by atomic mass is 32.1. The van der Waals surface area contributed by atoms with Crippen LogP contribution in [0.25, 0.3) is 0 Å². The fraction of sp³-hybridized carbons (Fsp3) is 0.833. The first kappa shape index (κ1) is 17.8. The van der Waals surface area contributed by atoms with E-state index in [1.807, 2.05) is 5.51 Å². The standard InChI is InChI=1S/C18H29N3O3S/c1-15-17(25-14-19-15)11-21-6-9-23-13-18(12-21)3-2-16(24-18)10-20-4-7-22-8-5-20/h14,16H,2-13H2,1H3/t16-,18-/m0/s1. The number of ether oxygens (including phenoxy) is 3. The van der Waals surface area contributed by atoms with Gasteiger partial charge in [-0.15, -0.1) is 11.3 Å². The van der Waals surface area contributed by atoms with E-state index in [1.165, 1.54) is 4.88 Å². The molecule has 0 aromatic carbocycles. The number of aryl methyl sites for hydroxylation is 1. The highest BCUT2D eigenvalue weighted by Crippen LogP contribution is 2.34. The summed E-state index contributed by atoms with van der Waals surface area (Å²) < 4.78 is 18.0. The molecule has 3 aliphatic heterocycles. The third-order valence-electron chi connectivity index (χ3n) is 5.54. The highest BCUT2D eigenvalue weighted by Gasteiger charge is 2.43. The predicted molar refractivity (Wildman–Crippen MR) is 97.0 cm³/mol. The Morgan fingerprint density at radius 2 is 2.00 bits per heavy atom. The Kier molecular flexibility index (Phi) is 5.69. The summed E-state index contributed by atoms with van der Waals surface area (Å²) in [6.07, 6.45) is 2.56. The Bertz CT molecular complexity index is 564. The summed E-state index contributed by atoms with van der Waals surface area (Å²) in [5, 5.41) is 0. The van der Waals surface area contributed by atoms with E-state index in [2.05, 4.69) is 21.7 Å². The number of hydrogen-bond donors (Lipinski definition) is 0. The summed E-state index contributed by atoms with van der Waals surface area (Å²) in [7, 11) is 0. The zero-order chi connectivity index (χ0) is 17.1. The van der Waals surface area contributed by atoms with E-state index in [-0.39, 0.29) is 5.60 Å². The van der Waals surface area contributed by atoms with Crippen molar-refractivity contribution in [2.24, 2.45) is 0 Å². The lowest BCUT2D eigenvalue weighted by Gasteiger charge is -2.33.